The van der Waals surface area contributed by atoms with Gasteiger partial charge in [0, 0.05) is 30.3 Å². The minimum atomic E-state index is -0.0248. The van der Waals surface area contributed by atoms with Crippen LogP contribution < -0.4 is 10.1 Å². The Kier molecular flexibility index (Phi) is 7.15. The summed E-state index contributed by atoms with van der Waals surface area (Å²) in [6, 6.07) is 21.7. The summed E-state index contributed by atoms with van der Waals surface area (Å²) in [5.41, 5.74) is 7.30. The van der Waals surface area contributed by atoms with E-state index in [0.29, 0.717) is 36.1 Å². The third-order valence-corrected chi connectivity index (χ3v) is 8.69. The van der Waals surface area contributed by atoms with Crippen molar-refractivity contribution in [2.75, 3.05) is 19.5 Å². The molecule has 2 atom stereocenters. The molecule has 2 bridgehead atoms. The number of ether oxygens (including phenoxy) is 1. The van der Waals surface area contributed by atoms with Gasteiger partial charge in [-0.15, -0.1) is 0 Å². The molecule has 2 fully saturated rings. The number of nitrogens with zero attached hydrogens (tertiary/aromatic N) is 3. The Morgan fingerprint density at radius 1 is 1.00 bits per heavy atom. The smallest absolute Gasteiger partial charge is 0.228 e. The predicted octanol–water partition coefficient (Wildman–Crippen LogP) is 6.55. The maximum absolute atomic E-state index is 13.0. The number of benzene rings is 3. The van der Waals surface area contributed by atoms with Crippen LogP contribution in [0.25, 0.3) is 22.5 Å². The second-order valence-electron chi connectivity index (χ2n) is 11.3. The molecule has 1 amide bonds. The van der Waals surface area contributed by atoms with Crippen LogP contribution in [0.15, 0.2) is 65.2 Å². The van der Waals surface area contributed by atoms with E-state index in [2.05, 4.69) is 64.7 Å². The molecule has 7 heteroatoms. The fourth-order valence-corrected chi connectivity index (χ4v) is 6.53. The zero-order valence-electron chi connectivity index (χ0n) is 23.6. The van der Waals surface area contributed by atoms with Gasteiger partial charge < -0.3 is 19.5 Å². The van der Waals surface area contributed by atoms with Crippen molar-refractivity contribution >= 4 is 11.6 Å². The van der Waals surface area contributed by atoms with Crippen LogP contribution in [0.4, 0.5) is 5.69 Å². The first kappa shape index (κ1) is 26.3. The number of fused-ring (bicyclic) bond motifs is 2. The molecule has 2 saturated heterocycles. The molecule has 7 nitrogen and oxygen atoms in total. The molecule has 4 aromatic rings. The van der Waals surface area contributed by atoms with Crippen LogP contribution in [0.5, 0.6) is 5.75 Å². The molecule has 3 heterocycles. The summed E-state index contributed by atoms with van der Waals surface area (Å²) in [7, 11) is 3.99. The minimum Gasteiger partial charge on any atom is -0.496 e. The Morgan fingerprint density at radius 2 is 1.73 bits per heavy atom. The number of carbonyl (C=O) groups excluding carboxylic acids is 1. The largest absolute Gasteiger partial charge is 0.496 e. The topological polar surface area (TPSA) is 80.5 Å². The number of carbonyl (C=O) groups is 1. The lowest BCUT2D eigenvalue weighted by atomic mass is 9.84. The highest BCUT2D eigenvalue weighted by Crippen LogP contribution is 2.45. The molecular formula is C33H36N4O3. The van der Waals surface area contributed by atoms with E-state index in [4.69, 9.17) is 9.26 Å². The van der Waals surface area contributed by atoms with E-state index >= 15 is 0 Å². The Bertz CT molecular complexity index is 1510. The maximum atomic E-state index is 13.0. The second kappa shape index (κ2) is 10.9. The van der Waals surface area contributed by atoms with Gasteiger partial charge in [-0.3, -0.25) is 4.79 Å². The van der Waals surface area contributed by atoms with Crippen LogP contribution >= 0.6 is 0 Å². The lowest BCUT2D eigenvalue weighted by molar-refractivity contribution is -0.115. The van der Waals surface area contributed by atoms with E-state index in [-0.39, 0.29) is 5.91 Å². The number of hydrogen-bond donors (Lipinski definition) is 1. The SMILES string of the molecule is COc1ccc(NC(=O)Cc2ccc(-c3ccc(-c4noc(C)n4)cc3C)cc2)cc1C1CC2CCC(C1)N2C. The number of nitrogens with one attached hydrogen (secondary N) is 1. The first-order valence-corrected chi connectivity index (χ1v) is 14.1. The van der Waals surface area contributed by atoms with Crippen LogP contribution in [-0.4, -0.2) is 47.2 Å². The molecule has 2 aliphatic rings. The highest BCUT2D eigenvalue weighted by Gasteiger charge is 2.39. The van der Waals surface area contributed by atoms with Gasteiger partial charge in [0.2, 0.25) is 17.6 Å². The molecule has 1 aromatic heterocycles. The number of rotatable bonds is 7. The van der Waals surface area contributed by atoms with Gasteiger partial charge >= 0.3 is 0 Å². The first-order valence-electron chi connectivity index (χ1n) is 14.1. The molecule has 0 aliphatic carbocycles. The fraction of sp³-hybridized carbons (Fsp3) is 0.364. The van der Waals surface area contributed by atoms with Crippen molar-refractivity contribution in [1.82, 2.24) is 15.0 Å². The summed E-state index contributed by atoms with van der Waals surface area (Å²) >= 11 is 0. The molecule has 2 aliphatic heterocycles. The van der Waals surface area contributed by atoms with E-state index in [1.807, 2.05) is 30.3 Å². The standard InChI is InChI=1S/C33H36N4O3/c1-20-15-24(33-34-21(2)40-36-33)9-13-29(20)23-7-5-22(6-8-23)16-32(38)35-26-10-14-31(39-4)30(19-26)25-17-27-11-12-28(18-25)37(27)3/h5-10,13-15,19,25,27-28H,11-12,16-18H2,1-4H3,(H,35,38). The summed E-state index contributed by atoms with van der Waals surface area (Å²) < 4.78 is 10.8. The number of hydrogen-bond acceptors (Lipinski definition) is 6. The van der Waals surface area contributed by atoms with Gasteiger partial charge in [-0.1, -0.05) is 41.6 Å². The van der Waals surface area contributed by atoms with Crippen LogP contribution in [0, 0.1) is 13.8 Å². The Hall–Kier alpha value is -3.97. The number of piperidine rings is 1. The second-order valence-corrected chi connectivity index (χ2v) is 11.3. The minimum absolute atomic E-state index is 0.0248. The zero-order chi connectivity index (χ0) is 27.8. The summed E-state index contributed by atoms with van der Waals surface area (Å²) in [6.45, 7) is 3.86. The number of aryl methyl sites for hydroxylation is 2. The third kappa shape index (κ3) is 5.26. The summed E-state index contributed by atoms with van der Waals surface area (Å²) in [5, 5.41) is 7.14. The molecule has 206 valence electrons. The number of amides is 1. The average Bonchev–Trinajstić information content (AvgIpc) is 3.45. The van der Waals surface area contributed by atoms with Crippen LogP contribution in [0.3, 0.4) is 0 Å². The molecule has 1 N–H and O–H groups in total. The van der Waals surface area contributed by atoms with Crippen molar-refractivity contribution in [1.29, 1.82) is 0 Å². The highest BCUT2D eigenvalue weighted by molar-refractivity contribution is 5.92. The van der Waals surface area contributed by atoms with Crippen molar-refractivity contribution in [3.05, 3.63) is 83.2 Å². The van der Waals surface area contributed by atoms with Gasteiger partial charge in [0.1, 0.15) is 5.75 Å². The van der Waals surface area contributed by atoms with E-state index in [1.54, 1.807) is 14.0 Å². The number of anilines is 1. The Morgan fingerprint density at radius 3 is 2.38 bits per heavy atom. The van der Waals surface area contributed by atoms with Crippen molar-refractivity contribution < 1.29 is 14.1 Å². The highest BCUT2D eigenvalue weighted by atomic mass is 16.5. The molecule has 0 radical (unpaired) electrons. The monoisotopic (exact) mass is 536 g/mol. The van der Waals surface area contributed by atoms with Crippen molar-refractivity contribution in [2.45, 2.75) is 64.0 Å². The van der Waals surface area contributed by atoms with Crippen molar-refractivity contribution in [2.24, 2.45) is 0 Å². The first-order chi connectivity index (χ1) is 19.4. The van der Waals surface area contributed by atoms with Crippen molar-refractivity contribution in [3.63, 3.8) is 0 Å². The normalized spacial score (nSPS) is 20.4. The third-order valence-electron chi connectivity index (χ3n) is 8.69. The van der Waals surface area contributed by atoms with E-state index in [0.717, 1.165) is 52.1 Å². The Balaban J connectivity index is 1.12. The molecular weight excluding hydrogens is 500 g/mol. The van der Waals surface area contributed by atoms with Gasteiger partial charge in [-0.05, 0) is 97.7 Å². The predicted molar refractivity (Wildman–Crippen MR) is 157 cm³/mol. The summed E-state index contributed by atoms with van der Waals surface area (Å²) in [5.74, 6) is 2.49. The van der Waals surface area contributed by atoms with Gasteiger partial charge in [0.05, 0.1) is 13.5 Å². The van der Waals surface area contributed by atoms with Gasteiger partial charge in [-0.2, -0.15) is 4.98 Å². The van der Waals surface area contributed by atoms with E-state index in [1.165, 1.54) is 18.4 Å². The summed E-state index contributed by atoms with van der Waals surface area (Å²) in [6.07, 6.45) is 5.16. The number of methoxy groups -OCH3 is 1. The van der Waals surface area contributed by atoms with Gasteiger partial charge in [0.15, 0.2) is 0 Å². The molecule has 0 spiro atoms. The Labute approximate surface area is 235 Å². The summed E-state index contributed by atoms with van der Waals surface area (Å²) in [4.78, 5) is 19.9. The molecule has 3 aromatic carbocycles. The average molecular weight is 537 g/mol. The van der Waals surface area contributed by atoms with Crippen LogP contribution in [0.1, 0.15) is 54.2 Å². The van der Waals surface area contributed by atoms with Gasteiger partial charge in [-0.25, -0.2) is 0 Å². The van der Waals surface area contributed by atoms with Crippen molar-refractivity contribution in [3.8, 4) is 28.3 Å². The number of aromatic nitrogens is 2. The molecule has 40 heavy (non-hydrogen) atoms. The van der Waals surface area contributed by atoms with Crippen LogP contribution in [-0.2, 0) is 11.2 Å². The van der Waals surface area contributed by atoms with Crippen LogP contribution in [0.2, 0.25) is 0 Å². The lowest BCUT2D eigenvalue weighted by Gasteiger charge is -2.37. The molecule has 0 saturated carbocycles. The van der Waals surface area contributed by atoms with E-state index in [9.17, 15) is 4.79 Å². The lowest BCUT2D eigenvalue weighted by Crippen LogP contribution is -2.39. The van der Waals surface area contributed by atoms with Gasteiger partial charge in [0.25, 0.3) is 0 Å². The zero-order valence-corrected chi connectivity index (χ0v) is 23.6. The fourth-order valence-electron chi connectivity index (χ4n) is 6.53. The van der Waals surface area contributed by atoms with E-state index < -0.39 is 0 Å². The molecule has 6 rings (SSSR count). The molecule has 2 unspecified atom stereocenters. The quantitative estimate of drug-likeness (QED) is 0.289. The maximum Gasteiger partial charge on any atom is 0.228 e.